The Morgan fingerprint density at radius 1 is 1.67 bits per heavy atom. The van der Waals surface area contributed by atoms with Crippen molar-refractivity contribution in [3.8, 4) is 10.8 Å². The minimum atomic E-state index is -0.361. The molecular formula is C11H16BrNO2. The number of aliphatic hydroxyl groups excluding tert-OH is 1. The SMILES string of the molecule is CC(O)CC1CCCCN1C(=O)C#CBr. The van der Waals surface area contributed by atoms with Crippen LogP contribution in [0.5, 0.6) is 0 Å². The first-order valence-electron chi connectivity index (χ1n) is 5.25. The van der Waals surface area contributed by atoms with Gasteiger partial charge in [0.1, 0.15) is 0 Å². The quantitative estimate of drug-likeness (QED) is 0.775. The number of rotatable bonds is 2. The minimum absolute atomic E-state index is 0.141. The molecule has 4 heteroatoms. The second-order valence-electron chi connectivity index (χ2n) is 3.95. The molecule has 0 bridgehead atoms. The summed E-state index contributed by atoms with van der Waals surface area (Å²) in [6.45, 7) is 2.52. The van der Waals surface area contributed by atoms with Gasteiger partial charge < -0.3 is 10.0 Å². The van der Waals surface area contributed by atoms with Crippen molar-refractivity contribution < 1.29 is 9.90 Å². The fourth-order valence-corrected chi connectivity index (χ4v) is 2.19. The molecule has 1 N–H and O–H groups in total. The number of likely N-dealkylation sites (tertiary alicyclic amines) is 1. The molecule has 2 atom stereocenters. The van der Waals surface area contributed by atoms with Gasteiger partial charge in [0.25, 0.3) is 5.91 Å². The third kappa shape index (κ3) is 3.84. The Bertz CT molecular complexity index is 280. The molecular weight excluding hydrogens is 258 g/mol. The molecule has 0 radical (unpaired) electrons. The maximum absolute atomic E-state index is 11.6. The predicted octanol–water partition coefficient (Wildman–Crippen LogP) is 1.49. The number of carbonyl (C=O) groups is 1. The summed E-state index contributed by atoms with van der Waals surface area (Å²) in [4.78, 5) is 15.9. The topological polar surface area (TPSA) is 40.5 Å². The molecule has 0 aromatic heterocycles. The van der Waals surface area contributed by atoms with Crippen molar-refractivity contribution in [2.75, 3.05) is 6.54 Å². The molecule has 3 nitrogen and oxygen atoms in total. The van der Waals surface area contributed by atoms with Crippen LogP contribution in [0.4, 0.5) is 0 Å². The van der Waals surface area contributed by atoms with Gasteiger partial charge in [0.15, 0.2) is 0 Å². The lowest BCUT2D eigenvalue weighted by atomic mass is 9.97. The van der Waals surface area contributed by atoms with Crippen molar-refractivity contribution in [1.82, 2.24) is 4.90 Å². The molecule has 0 aromatic carbocycles. The van der Waals surface area contributed by atoms with Crippen LogP contribution in [0, 0.1) is 10.8 Å². The molecule has 84 valence electrons. The Kier molecular flexibility index (Phi) is 5.13. The summed E-state index contributed by atoms with van der Waals surface area (Å²) < 4.78 is 0. The van der Waals surface area contributed by atoms with Crippen LogP contribution < -0.4 is 0 Å². The van der Waals surface area contributed by atoms with Gasteiger partial charge in [-0.2, -0.15) is 0 Å². The third-order valence-corrected chi connectivity index (χ3v) is 2.85. The Balaban J connectivity index is 2.63. The Labute approximate surface area is 99.0 Å². The first kappa shape index (κ1) is 12.5. The van der Waals surface area contributed by atoms with E-state index in [0.717, 1.165) is 25.8 Å². The van der Waals surface area contributed by atoms with Crippen LogP contribution in [-0.4, -0.2) is 34.6 Å². The molecule has 1 fully saturated rings. The Hall–Kier alpha value is -0.530. The number of carbonyl (C=O) groups excluding carboxylic acids is 1. The highest BCUT2D eigenvalue weighted by Gasteiger charge is 2.26. The average molecular weight is 274 g/mol. The molecule has 1 saturated heterocycles. The smallest absolute Gasteiger partial charge is 0.299 e. The zero-order valence-corrected chi connectivity index (χ0v) is 10.5. The van der Waals surface area contributed by atoms with Crippen molar-refractivity contribution in [3.63, 3.8) is 0 Å². The van der Waals surface area contributed by atoms with Gasteiger partial charge in [-0.25, -0.2) is 0 Å². The lowest BCUT2D eigenvalue weighted by Crippen LogP contribution is -2.44. The zero-order chi connectivity index (χ0) is 11.3. The number of hydrogen-bond donors (Lipinski definition) is 1. The summed E-state index contributed by atoms with van der Waals surface area (Å²) >= 11 is 2.93. The summed E-state index contributed by atoms with van der Waals surface area (Å²) in [6, 6.07) is 0.152. The van der Waals surface area contributed by atoms with Crippen molar-refractivity contribution in [2.45, 2.75) is 44.8 Å². The maximum Gasteiger partial charge on any atom is 0.299 e. The van der Waals surface area contributed by atoms with E-state index in [1.807, 2.05) is 0 Å². The first-order chi connectivity index (χ1) is 7.15. The van der Waals surface area contributed by atoms with Gasteiger partial charge in [0.05, 0.1) is 6.10 Å². The van der Waals surface area contributed by atoms with Crippen LogP contribution in [0.1, 0.15) is 32.6 Å². The van der Waals surface area contributed by atoms with Crippen LogP contribution in [-0.2, 0) is 4.79 Å². The maximum atomic E-state index is 11.6. The summed E-state index contributed by atoms with van der Waals surface area (Å²) in [5.74, 6) is 2.35. The van der Waals surface area contributed by atoms with Gasteiger partial charge >= 0.3 is 0 Å². The van der Waals surface area contributed by atoms with Crippen molar-refractivity contribution in [3.05, 3.63) is 0 Å². The van der Waals surface area contributed by atoms with Crippen LogP contribution in [0.15, 0.2) is 0 Å². The fraction of sp³-hybridized carbons (Fsp3) is 0.727. The Morgan fingerprint density at radius 3 is 3.00 bits per heavy atom. The number of hydrogen-bond acceptors (Lipinski definition) is 2. The largest absolute Gasteiger partial charge is 0.393 e. The second-order valence-corrected chi connectivity index (χ2v) is 4.35. The van der Waals surface area contributed by atoms with E-state index in [1.165, 1.54) is 0 Å². The minimum Gasteiger partial charge on any atom is -0.393 e. The number of piperidine rings is 1. The van der Waals surface area contributed by atoms with Crippen LogP contribution >= 0.6 is 15.9 Å². The van der Waals surface area contributed by atoms with E-state index < -0.39 is 0 Å². The normalized spacial score (nSPS) is 22.9. The summed E-state index contributed by atoms with van der Waals surface area (Å²) in [5.41, 5.74) is 0. The fourth-order valence-electron chi connectivity index (χ4n) is 2.02. The molecule has 1 rings (SSSR count). The van der Waals surface area contributed by atoms with E-state index in [4.69, 9.17) is 0 Å². The van der Waals surface area contributed by atoms with Gasteiger partial charge in [0, 0.05) is 34.4 Å². The average Bonchev–Trinajstić information content (AvgIpc) is 2.18. The first-order valence-corrected chi connectivity index (χ1v) is 6.04. The third-order valence-electron chi connectivity index (χ3n) is 2.66. The Morgan fingerprint density at radius 2 is 2.40 bits per heavy atom. The van der Waals surface area contributed by atoms with E-state index in [2.05, 4.69) is 26.7 Å². The molecule has 0 aromatic rings. The molecule has 1 aliphatic heterocycles. The van der Waals surface area contributed by atoms with E-state index in [-0.39, 0.29) is 18.1 Å². The van der Waals surface area contributed by atoms with Gasteiger partial charge in [-0.3, -0.25) is 4.79 Å². The van der Waals surface area contributed by atoms with Gasteiger partial charge in [0.2, 0.25) is 0 Å². The molecule has 2 unspecified atom stereocenters. The van der Waals surface area contributed by atoms with Gasteiger partial charge in [-0.15, -0.1) is 0 Å². The van der Waals surface area contributed by atoms with E-state index in [9.17, 15) is 9.90 Å². The second kappa shape index (κ2) is 6.14. The van der Waals surface area contributed by atoms with Crippen LogP contribution in [0.2, 0.25) is 0 Å². The van der Waals surface area contributed by atoms with Crippen LogP contribution in [0.25, 0.3) is 0 Å². The highest BCUT2D eigenvalue weighted by molar-refractivity contribution is 9.12. The standard InChI is InChI=1S/C11H16BrNO2/c1-9(14)8-10-4-2-3-7-13(10)11(15)5-6-12/h9-10,14H,2-4,7-8H2,1H3. The van der Waals surface area contributed by atoms with Gasteiger partial charge in [-0.1, -0.05) is 0 Å². The number of nitrogens with zero attached hydrogens (tertiary/aromatic N) is 1. The summed E-state index contributed by atoms with van der Waals surface area (Å²) in [5, 5.41) is 9.35. The molecule has 1 aliphatic rings. The van der Waals surface area contributed by atoms with Crippen molar-refractivity contribution >= 4 is 21.8 Å². The van der Waals surface area contributed by atoms with E-state index in [1.54, 1.807) is 11.8 Å². The van der Waals surface area contributed by atoms with Gasteiger partial charge in [-0.05, 0) is 37.4 Å². The lowest BCUT2D eigenvalue weighted by Gasteiger charge is -2.35. The van der Waals surface area contributed by atoms with E-state index >= 15 is 0 Å². The summed E-state index contributed by atoms with van der Waals surface area (Å²) in [6.07, 6.45) is 3.42. The number of aliphatic hydroxyl groups is 1. The number of amides is 1. The molecule has 1 heterocycles. The van der Waals surface area contributed by atoms with Crippen molar-refractivity contribution in [1.29, 1.82) is 0 Å². The van der Waals surface area contributed by atoms with Crippen molar-refractivity contribution in [2.24, 2.45) is 0 Å². The van der Waals surface area contributed by atoms with E-state index in [0.29, 0.717) is 6.42 Å². The predicted molar refractivity (Wildman–Crippen MR) is 62.4 cm³/mol. The highest BCUT2D eigenvalue weighted by Crippen LogP contribution is 2.20. The monoisotopic (exact) mass is 273 g/mol. The molecule has 1 amide bonds. The molecule has 15 heavy (non-hydrogen) atoms. The summed E-state index contributed by atoms with van der Waals surface area (Å²) in [7, 11) is 0. The van der Waals surface area contributed by atoms with Crippen LogP contribution in [0.3, 0.4) is 0 Å². The highest BCUT2D eigenvalue weighted by atomic mass is 79.9. The zero-order valence-electron chi connectivity index (χ0n) is 8.87. The molecule has 0 aliphatic carbocycles. The molecule has 0 saturated carbocycles. The molecule has 0 spiro atoms. The number of halogens is 1. The lowest BCUT2D eigenvalue weighted by molar-refractivity contribution is -0.129.